The van der Waals surface area contributed by atoms with E-state index < -0.39 is 11.5 Å². The summed E-state index contributed by atoms with van der Waals surface area (Å²) in [6, 6.07) is 22.4. The summed E-state index contributed by atoms with van der Waals surface area (Å²) in [6.45, 7) is 0. The number of nitrogens with one attached hydrogen (secondary N) is 2. The predicted molar refractivity (Wildman–Crippen MR) is 115 cm³/mol. The van der Waals surface area contributed by atoms with Gasteiger partial charge in [-0.1, -0.05) is 66.7 Å². The molecule has 0 aliphatic heterocycles. The van der Waals surface area contributed by atoms with Gasteiger partial charge < -0.3 is 0 Å². The second kappa shape index (κ2) is 8.45. The van der Waals surface area contributed by atoms with Crippen LogP contribution in [0.3, 0.4) is 0 Å². The number of hydrazone groups is 1. The molecule has 0 spiro atoms. The number of aromatic nitrogens is 2. The van der Waals surface area contributed by atoms with Crippen molar-refractivity contribution in [3.63, 3.8) is 0 Å². The van der Waals surface area contributed by atoms with Crippen LogP contribution >= 0.6 is 11.3 Å². The van der Waals surface area contributed by atoms with Crippen LogP contribution in [0.2, 0.25) is 0 Å². The molecule has 2 aromatic carbocycles. The normalized spacial score (nSPS) is 10.9. The molecule has 0 unspecified atom stereocenters. The monoisotopic (exact) mass is 400 g/mol. The molecule has 0 aliphatic rings. The second-order valence-corrected chi connectivity index (χ2v) is 7.08. The molecule has 29 heavy (non-hydrogen) atoms. The SMILES string of the molecule is O=C(N/N=C/c1cccs1)c1c(-c2ccccc2)c(-c2ccccc2)n[nH]c1=O. The Balaban J connectivity index is 1.82. The molecule has 0 fully saturated rings. The number of hydrogen-bond acceptors (Lipinski definition) is 5. The number of aromatic amines is 1. The van der Waals surface area contributed by atoms with Gasteiger partial charge in [-0.15, -0.1) is 11.3 Å². The Hall–Kier alpha value is -3.84. The second-order valence-electron chi connectivity index (χ2n) is 6.10. The zero-order chi connectivity index (χ0) is 20.1. The number of carbonyl (C=O) groups excluding carboxylic acids is 1. The van der Waals surface area contributed by atoms with Crippen LogP contribution in [-0.4, -0.2) is 22.3 Å². The number of thiophene rings is 1. The van der Waals surface area contributed by atoms with Crippen molar-refractivity contribution in [2.24, 2.45) is 5.10 Å². The third-order valence-electron chi connectivity index (χ3n) is 4.22. The van der Waals surface area contributed by atoms with E-state index in [-0.39, 0.29) is 5.56 Å². The van der Waals surface area contributed by atoms with Gasteiger partial charge in [0.1, 0.15) is 5.56 Å². The maximum Gasteiger partial charge on any atom is 0.277 e. The van der Waals surface area contributed by atoms with Gasteiger partial charge in [0.05, 0.1) is 11.9 Å². The minimum atomic E-state index is -0.600. The fraction of sp³-hybridized carbons (Fsp3) is 0. The first-order chi connectivity index (χ1) is 14.2. The Morgan fingerprint density at radius 3 is 2.31 bits per heavy atom. The number of amides is 1. The van der Waals surface area contributed by atoms with Crippen LogP contribution in [0.5, 0.6) is 0 Å². The van der Waals surface area contributed by atoms with Crippen molar-refractivity contribution in [3.8, 4) is 22.4 Å². The van der Waals surface area contributed by atoms with Gasteiger partial charge in [-0.2, -0.15) is 10.2 Å². The zero-order valence-corrected chi connectivity index (χ0v) is 16.0. The van der Waals surface area contributed by atoms with Gasteiger partial charge in [-0.3, -0.25) is 9.59 Å². The molecule has 142 valence electrons. The van der Waals surface area contributed by atoms with Crippen LogP contribution in [0.1, 0.15) is 15.2 Å². The molecule has 0 saturated heterocycles. The van der Waals surface area contributed by atoms with Gasteiger partial charge in [-0.05, 0) is 17.0 Å². The van der Waals surface area contributed by atoms with Gasteiger partial charge in [0, 0.05) is 16.0 Å². The number of nitrogens with zero attached hydrogens (tertiary/aromatic N) is 2. The van der Waals surface area contributed by atoms with Crippen LogP contribution in [0.25, 0.3) is 22.4 Å². The van der Waals surface area contributed by atoms with Crippen molar-refractivity contribution < 1.29 is 4.79 Å². The summed E-state index contributed by atoms with van der Waals surface area (Å²) in [5, 5.41) is 12.6. The van der Waals surface area contributed by atoms with Crippen molar-refractivity contribution in [1.29, 1.82) is 0 Å². The smallest absolute Gasteiger partial charge is 0.267 e. The highest BCUT2D eigenvalue weighted by molar-refractivity contribution is 7.11. The van der Waals surface area contributed by atoms with Crippen molar-refractivity contribution >= 4 is 23.5 Å². The van der Waals surface area contributed by atoms with Crippen LogP contribution in [0.15, 0.2) is 88.1 Å². The Morgan fingerprint density at radius 1 is 0.966 bits per heavy atom. The number of carbonyl (C=O) groups is 1. The molecule has 7 heteroatoms. The summed E-state index contributed by atoms with van der Waals surface area (Å²) >= 11 is 1.49. The molecule has 0 aliphatic carbocycles. The van der Waals surface area contributed by atoms with Crippen molar-refractivity contribution in [3.05, 3.63) is 99.0 Å². The summed E-state index contributed by atoms with van der Waals surface area (Å²) < 4.78 is 0. The molecule has 4 aromatic rings. The van der Waals surface area contributed by atoms with Crippen LogP contribution in [0, 0.1) is 0 Å². The van der Waals surface area contributed by atoms with Crippen molar-refractivity contribution in [2.75, 3.05) is 0 Å². The largest absolute Gasteiger partial charge is 0.277 e. The number of H-pyrrole nitrogens is 1. The average Bonchev–Trinajstić information content (AvgIpc) is 3.28. The van der Waals surface area contributed by atoms with Crippen LogP contribution < -0.4 is 11.0 Å². The van der Waals surface area contributed by atoms with E-state index >= 15 is 0 Å². The van der Waals surface area contributed by atoms with Gasteiger partial charge in [-0.25, -0.2) is 10.5 Å². The summed E-state index contributed by atoms with van der Waals surface area (Å²) in [5.74, 6) is -0.600. The molecule has 2 heterocycles. The van der Waals surface area contributed by atoms with E-state index in [1.165, 1.54) is 17.6 Å². The number of hydrogen-bond donors (Lipinski definition) is 2. The molecule has 2 aromatic heterocycles. The van der Waals surface area contributed by atoms with E-state index in [0.717, 1.165) is 16.0 Å². The zero-order valence-electron chi connectivity index (χ0n) is 15.2. The molecule has 0 saturated carbocycles. The summed E-state index contributed by atoms with van der Waals surface area (Å²) in [5.41, 5.74) is 4.34. The Morgan fingerprint density at radius 2 is 1.66 bits per heavy atom. The number of rotatable bonds is 5. The highest BCUT2D eigenvalue weighted by atomic mass is 32.1. The lowest BCUT2D eigenvalue weighted by molar-refractivity contribution is 0.0954. The first kappa shape index (κ1) is 18.5. The predicted octanol–water partition coefficient (Wildman–Crippen LogP) is 3.93. The van der Waals surface area contributed by atoms with E-state index in [0.29, 0.717) is 11.3 Å². The van der Waals surface area contributed by atoms with E-state index in [2.05, 4.69) is 20.7 Å². The molecule has 4 rings (SSSR count). The molecule has 1 amide bonds. The highest BCUT2D eigenvalue weighted by Crippen LogP contribution is 2.31. The quantitative estimate of drug-likeness (QED) is 0.393. The van der Waals surface area contributed by atoms with E-state index in [1.54, 1.807) is 0 Å². The fourth-order valence-electron chi connectivity index (χ4n) is 2.93. The lowest BCUT2D eigenvalue weighted by Gasteiger charge is -2.12. The topological polar surface area (TPSA) is 87.2 Å². The molecule has 0 radical (unpaired) electrons. The van der Waals surface area contributed by atoms with E-state index in [9.17, 15) is 9.59 Å². The molecular formula is C22H16N4O2S. The Bertz CT molecular complexity index is 1200. The first-order valence-corrected chi connectivity index (χ1v) is 9.72. The molecule has 6 nitrogen and oxygen atoms in total. The summed E-state index contributed by atoms with van der Waals surface area (Å²) in [6.07, 6.45) is 1.54. The maximum atomic E-state index is 12.9. The third-order valence-corrected chi connectivity index (χ3v) is 5.03. The first-order valence-electron chi connectivity index (χ1n) is 8.84. The van der Waals surface area contributed by atoms with Crippen LogP contribution in [-0.2, 0) is 0 Å². The van der Waals surface area contributed by atoms with E-state index in [1.807, 2.05) is 78.2 Å². The molecular weight excluding hydrogens is 384 g/mol. The Labute approximate surface area is 170 Å². The molecule has 0 atom stereocenters. The lowest BCUT2D eigenvalue weighted by atomic mass is 9.95. The third kappa shape index (κ3) is 4.04. The summed E-state index contributed by atoms with van der Waals surface area (Å²) in [4.78, 5) is 26.4. The van der Waals surface area contributed by atoms with E-state index in [4.69, 9.17) is 0 Å². The molecule has 2 N–H and O–H groups in total. The lowest BCUT2D eigenvalue weighted by Crippen LogP contribution is -2.28. The van der Waals surface area contributed by atoms with Crippen LogP contribution in [0.4, 0.5) is 0 Å². The minimum Gasteiger partial charge on any atom is -0.267 e. The highest BCUT2D eigenvalue weighted by Gasteiger charge is 2.22. The van der Waals surface area contributed by atoms with Gasteiger partial charge in [0.2, 0.25) is 0 Å². The summed E-state index contributed by atoms with van der Waals surface area (Å²) in [7, 11) is 0. The van der Waals surface area contributed by atoms with Crippen molar-refractivity contribution in [2.45, 2.75) is 0 Å². The number of benzene rings is 2. The van der Waals surface area contributed by atoms with Gasteiger partial charge in [0.15, 0.2) is 0 Å². The average molecular weight is 400 g/mol. The maximum absolute atomic E-state index is 12.9. The fourth-order valence-corrected chi connectivity index (χ4v) is 3.52. The molecule has 0 bridgehead atoms. The Kier molecular flexibility index (Phi) is 5.40. The standard InChI is InChI=1S/C22H16N4O2S/c27-21(25-23-14-17-12-7-13-29-17)19-18(15-8-3-1-4-9-15)20(24-26-22(19)28)16-10-5-2-6-11-16/h1-14H,(H,25,27)(H,26,28)/b23-14+. The van der Waals surface area contributed by atoms with Crippen molar-refractivity contribution in [1.82, 2.24) is 15.6 Å². The minimum absolute atomic E-state index is 0.0339. The van der Waals surface area contributed by atoms with Gasteiger partial charge >= 0.3 is 0 Å². The van der Waals surface area contributed by atoms with Gasteiger partial charge in [0.25, 0.3) is 11.5 Å².